The summed E-state index contributed by atoms with van der Waals surface area (Å²) in [5.41, 5.74) is -1.05. The number of esters is 1. The van der Waals surface area contributed by atoms with Crippen molar-refractivity contribution in [3.63, 3.8) is 0 Å². The van der Waals surface area contributed by atoms with Crippen LogP contribution in [-0.2, 0) is 19.6 Å². The summed E-state index contributed by atoms with van der Waals surface area (Å²) in [6, 6.07) is 6.01. The number of nitrogens with one attached hydrogen (secondary N) is 1. The molecule has 2 fully saturated rings. The summed E-state index contributed by atoms with van der Waals surface area (Å²) in [5.74, 6) is -1.48. The lowest BCUT2D eigenvalue weighted by molar-refractivity contribution is -0.125. The second kappa shape index (κ2) is 9.33. The quantitative estimate of drug-likeness (QED) is 0.661. The van der Waals surface area contributed by atoms with Crippen LogP contribution in [0, 0.1) is 11.3 Å². The van der Waals surface area contributed by atoms with Crippen molar-refractivity contribution in [1.82, 2.24) is 9.62 Å². The first kappa shape index (κ1) is 22.5. The zero-order valence-corrected chi connectivity index (χ0v) is 18.1. The van der Waals surface area contributed by atoms with Gasteiger partial charge in [-0.05, 0) is 43.9 Å². The molecule has 0 atom stereocenters. The minimum Gasteiger partial charge on any atom is -0.452 e. The van der Waals surface area contributed by atoms with Gasteiger partial charge in [-0.25, -0.2) is 13.2 Å². The molecular weight excluding hydrogens is 430 g/mol. The van der Waals surface area contributed by atoms with Crippen molar-refractivity contribution >= 4 is 33.5 Å². The number of hydrogen-bond donors (Lipinski definition) is 1. The van der Waals surface area contributed by atoms with Crippen LogP contribution in [0.1, 0.15) is 55.3 Å². The number of amides is 1. The van der Waals surface area contributed by atoms with E-state index < -0.39 is 34.0 Å². The van der Waals surface area contributed by atoms with E-state index in [4.69, 9.17) is 16.3 Å². The maximum atomic E-state index is 12.7. The third-order valence-electron chi connectivity index (χ3n) is 5.49. The van der Waals surface area contributed by atoms with Crippen LogP contribution in [0.5, 0.6) is 0 Å². The molecule has 1 N–H and O–H groups in total. The van der Waals surface area contributed by atoms with E-state index in [2.05, 4.69) is 11.4 Å². The largest absolute Gasteiger partial charge is 0.452 e. The van der Waals surface area contributed by atoms with Gasteiger partial charge in [0.15, 0.2) is 6.61 Å². The number of halogens is 1. The van der Waals surface area contributed by atoms with Crippen LogP contribution in [0.25, 0.3) is 0 Å². The molecule has 1 aliphatic carbocycles. The summed E-state index contributed by atoms with van der Waals surface area (Å²) >= 11 is 6.06. The molecule has 0 radical (unpaired) electrons. The lowest BCUT2D eigenvalue weighted by atomic mass is 9.83. The Labute approximate surface area is 181 Å². The number of rotatable bonds is 6. The lowest BCUT2D eigenvalue weighted by Gasteiger charge is -2.31. The molecule has 0 aromatic heterocycles. The smallest absolute Gasteiger partial charge is 0.340 e. The average Bonchev–Trinajstić information content (AvgIpc) is 3.29. The van der Waals surface area contributed by atoms with Gasteiger partial charge in [-0.1, -0.05) is 30.9 Å². The van der Waals surface area contributed by atoms with Crippen LogP contribution in [0.15, 0.2) is 23.1 Å². The molecule has 3 rings (SSSR count). The Kier molecular flexibility index (Phi) is 7.01. The van der Waals surface area contributed by atoms with Crippen molar-refractivity contribution < 1.29 is 22.7 Å². The average molecular weight is 454 g/mol. The molecule has 2 aliphatic rings. The second-order valence-electron chi connectivity index (χ2n) is 7.63. The predicted molar refractivity (Wildman–Crippen MR) is 109 cm³/mol. The zero-order valence-electron chi connectivity index (χ0n) is 16.5. The van der Waals surface area contributed by atoms with Gasteiger partial charge in [0.05, 0.1) is 21.6 Å². The highest BCUT2D eigenvalue weighted by molar-refractivity contribution is 7.89. The topological polar surface area (TPSA) is 117 Å². The highest BCUT2D eigenvalue weighted by Crippen LogP contribution is 2.28. The van der Waals surface area contributed by atoms with Crippen LogP contribution in [0.3, 0.4) is 0 Å². The van der Waals surface area contributed by atoms with Gasteiger partial charge < -0.3 is 10.1 Å². The molecule has 0 bridgehead atoms. The summed E-state index contributed by atoms with van der Waals surface area (Å²) < 4.78 is 31.8. The normalized spacial score (nSPS) is 19.1. The van der Waals surface area contributed by atoms with Crippen molar-refractivity contribution in [3.8, 4) is 6.07 Å². The van der Waals surface area contributed by atoms with Gasteiger partial charge in [-0.2, -0.15) is 9.57 Å². The molecule has 1 aliphatic heterocycles. The fraction of sp³-hybridized carbons (Fsp3) is 0.550. The van der Waals surface area contributed by atoms with E-state index in [9.17, 15) is 23.3 Å². The van der Waals surface area contributed by atoms with Gasteiger partial charge in [-0.3, -0.25) is 4.79 Å². The Balaban J connectivity index is 1.66. The molecule has 162 valence electrons. The third-order valence-corrected chi connectivity index (χ3v) is 7.72. The highest BCUT2D eigenvalue weighted by atomic mass is 35.5. The predicted octanol–water partition coefficient (Wildman–Crippen LogP) is 2.62. The van der Waals surface area contributed by atoms with Crippen molar-refractivity contribution in [2.75, 3.05) is 19.7 Å². The van der Waals surface area contributed by atoms with E-state index in [1.807, 2.05) is 0 Å². The first-order chi connectivity index (χ1) is 14.3. The fourth-order valence-corrected chi connectivity index (χ4v) is 5.57. The molecule has 0 unspecified atom stereocenters. The summed E-state index contributed by atoms with van der Waals surface area (Å²) in [7, 11) is -3.72. The molecule has 1 aromatic rings. The Morgan fingerprint density at radius 1 is 1.17 bits per heavy atom. The standard InChI is InChI=1S/C20H24ClN3O5S/c21-17-7-6-15(30(27,28)24-10-4-5-11-24)12-16(17)19(26)29-13-18(25)23-20(14-22)8-2-1-3-9-20/h6-7,12H,1-5,8-11,13H2,(H,23,25). The molecule has 1 saturated carbocycles. The maximum absolute atomic E-state index is 12.7. The minimum absolute atomic E-state index is 0.0292. The number of sulfonamides is 1. The zero-order chi connectivity index (χ0) is 21.8. The lowest BCUT2D eigenvalue weighted by Crippen LogP contribution is -2.50. The van der Waals surface area contributed by atoms with Gasteiger partial charge in [0.1, 0.15) is 5.54 Å². The Hall–Kier alpha value is -2.15. The van der Waals surface area contributed by atoms with Gasteiger partial charge in [-0.15, -0.1) is 0 Å². The Morgan fingerprint density at radius 3 is 2.47 bits per heavy atom. The van der Waals surface area contributed by atoms with E-state index in [1.165, 1.54) is 22.5 Å². The summed E-state index contributed by atoms with van der Waals surface area (Å²) in [5, 5.41) is 12.1. The van der Waals surface area contributed by atoms with Crippen LogP contribution in [0.2, 0.25) is 5.02 Å². The molecule has 1 heterocycles. The fourth-order valence-electron chi connectivity index (χ4n) is 3.83. The van der Waals surface area contributed by atoms with Gasteiger partial charge in [0.2, 0.25) is 10.0 Å². The Morgan fingerprint density at radius 2 is 1.83 bits per heavy atom. The van der Waals surface area contributed by atoms with Crippen LogP contribution in [-0.4, -0.2) is 49.8 Å². The molecule has 1 amide bonds. The van der Waals surface area contributed by atoms with E-state index in [0.717, 1.165) is 32.1 Å². The number of nitrogens with zero attached hydrogens (tertiary/aromatic N) is 2. The van der Waals surface area contributed by atoms with Gasteiger partial charge >= 0.3 is 5.97 Å². The van der Waals surface area contributed by atoms with Gasteiger partial charge in [0.25, 0.3) is 5.91 Å². The van der Waals surface area contributed by atoms with Gasteiger partial charge in [0, 0.05) is 13.1 Å². The molecule has 0 spiro atoms. The molecule has 1 aromatic carbocycles. The third kappa shape index (κ3) is 4.94. The number of hydrogen-bond acceptors (Lipinski definition) is 6. The van der Waals surface area contributed by atoms with E-state index >= 15 is 0 Å². The van der Waals surface area contributed by atoms with Crippen LogP contribution >= 0.6 is 11.6 Å². The highest BCUT2D eigenvalue weighted by Gasteiger charge is 2.34. The van der Waals surface area contributed by atoms with E-state index in [-0.39, 0.29) is 15.5 Å². The van der Waals surface area contributed by atoms with Crippen molar-refractivity contribution in [2.24, 2.45) is 0 Å². The first-order valence-electron chi connectivity index (χ1n) is 9.96. The number of benzene rings is 1. The summed E-state index contributed by atoms with van der Waals surface area (Å²) in [4.78, 5) is 24.6. The number of ether oxygens (including phenoxy) is 1. The van der Waals surface area contributed by atoms with E-state index in [1.54, 1.807) is 0 Å². The van der Waals surface area contributed by atoms with Crippen LogP contribution in [0.4, 0.5) is 0 Å². The second-order valence-corrected chi connectivity index (χ2v) is 9.98. The Bertz CT molecular complexity index is 961. The number of nitriles is 1. The van der Waals surface area contributed by atoms with Crippen molar-refractivity contribution in [2.45, 2.75) is 55.4 Å². The van der Waals surface area contributed by atoms with Crippen molar-refractivity contribution in [3.05, 3.63) is 28.8 Å². The minimum atomic E-state index is -3.72. The first-order valence-corrected chi connectivity index (χ1v) is 11.8. The molecule has 30 heavy (non-hydrogen) atoms. The van der Waals surface area contributed by atoms with Crippen molar-refractivity contribution in [1.29, 1.82) is 5.26 Å². The van der Waals surface area contributed by atoms with Crippen LogP contribution < -0.4 is 5.32 Å². The summed E-state index contributed by atoms with van der Waals surface area (Å²) in [6.45, 7) is 0.290. The SMILES string of the molecule is N#CC1(NC(=O)COC(=O)c2cc(S(=O)(=O)N3CCCC3)ccc2Cl)CCCCC1. The number of carbonyl (C=O) groups is 2. The maximum Gasteiger partial charge on any atom is 0.340 e. The summed E-state index contributed by atoms with van der Waals surface area (Å²) in [6.07, 6.45) is 5.42. The molecule has 8 nitrogen and oxygen atoms in total. The molecule has 10 heteroatoms. The number of carbonyl (C=O) groups excluding carboxylic acids is 2. The monoisotopic (exact) mass is 453 g/mol. The molecular formula is C20H24ClN3O5S. The molecule has 1 saturated heterocycles. The van der Waals surface area contributed by atoms with E-state index in [0.29, 0.717) is 25.9 Å².